The summed E-state index contributed by atoms with van der Waals surface area (Å²) in [6, 6.07) is 14.7. The standard InChI is InChI=1S/C22H20ClN3O4S.ClH/c23-18-2-1-3-19(12-18)25-31(29,30)21-5-4-15-7-9-26(13-17(15)11-21)14-20-10-16(22(27)28)6-8-24-20;/h1-6,8,10-12,25H,7,9,13-14H2,(H,27,28);1H. The number of carbonyl (C=O) groups is 1. The minimum absolute atomic E-state index is 0. The molecule has 0 saturated carbocycles. The van der Waals surface area contributed by atoms with Crippen molar-refractivity contribution in [1.82, 2.24) is 9.88 Å². The van der Waals surface area contributed by atoms with Gasteiger partial charge in [-0.05, 0) is 60.0 Å². The lowest BCUT2D eigenvalue weighted by molar-refractivity contribution is 0.0696. The van der Waals surface area contributed by atoms with Crippen LogP contribution in [0.1, 0.15) is 27.2 Å². The number of rotatable bonds is 6. The number of pyridine rings is 1. The van der Waals surface area contributed by atoms with Crippen LogP contribution in [0.3, 0.4) is 0 Å². The molecule has 0 saturated heterocycles. The van der Waals surface area contributed by atoms with E-state index in [0.29, 0.717) is 29.5 Å². The summed E-state index contributed by atoms with van der Waals surface area (Å²) in [5.74, 6) is -0.991. The molecule has 2 heterocycles. The smallest absolute Gasteiger partial charge is 0.335 e. The quantitative estimate of drug-likeness (QED) is 0.533. The number of benzene rings is 2. The molecule has 0 fully saturated rings. The van der Waals surface area contributed by atoms with Gasteiger partial charge in [0.1, 0.15) is 0 Å². The van der Waals surface area contributed by atoms with Crippen LogP contribution in [0.2, 0.25) is 5.02 Å². The topological polar surface area (TPSA) is 99.6 Å². The first-order chi connectivity index (χ1) is 14.8. The molecule has 7 nitrogen and oxygen atoms in total. The Labute approximate surface area is 197 Å². The van der Waals surface area contributed by atoms with E-state index in [-0.39, 0.29) is 22.9 Å². The van der Waals surface area contributed by atoms with Gasteiger partial charge in [0.15, 0.2) is 0 Å². The molecule has 168 valence electrons. The molecular formula is C22H21Cl2N3O4S. The average molecular weight is 494 g/mol. The van der Waals surface area contributed by atoms with Crippen LogP contribution < -0.4 is 4.72 Å². The Bertz CT molecular complexity index is 1250. The zero-order valence-electron chi connectivity index (χ0n) is 16.9. The third-order valence-electron chi connectivity index (χ3n) is 5.11. The average Bonchev–Trinajstić information content (AvgIpc) is 2.73. The Balaban J connectivity index is 0.00000289. The fraction of sp³-hybridized carbons (Fsp3) is 0.182. The number of anilines is 1. The molecule has 3 aromatic rings. The molecule has 0 spiro atoms. The van der Waals surface area contributed by atoms with Gasteiger partial charge >= 0.3 is 5.97 Å². The maximum Gasteiger partial charge on any atom is 0.335 e. The van der Waals surface area contributed by atoms with Gasteiger partial charge < -0.3 is 5.11 Å². The van der Waals surface area contributed by atoms with Crippen LogP contribution in [-0.2, 0) is 29.5 Å². The van der Waals surface area contributed by atoms with Crippen molar-refractivity contribution in [2.75, 3.05) is 11.3 Å². The fourth-order valence-electron chi connectivity index (χ4n) is 3.59. The summed E-state index contributed by atoms with van der Waals surface area (Å²) in [6.07, 6.45) is 2.26. The van der Waals surface area contributed by atoms with Crippen molar-refractivity contribution in [2.24, 2.45) is 0 Å². The second-order valence-electron chi connectivity index (χ2n) is 7.35. The van der Waals surface area contributed by atoms with Crippen LogP contribution in [0, 0.1) is 0 Å². The molecule has 0 unspecified atom stereocenters. The summed E-state index contributed by atoms with van der Waals surface area (Å²) < 4.78 is 28.2. The van der Waals surface area contributed by atoms with Gasteiger partial charge in [-0.2, -0.15) is 0 Å². The van der Waals surface area contributed by atoms with Gasteiger partial charge in [-0.25, -0.2) is 13.2 Å². The van der Waals surface area contributed by atoms with Crippen LogP contribution in [0.4, 0.5) is 5.69 Å². The molecule has 0 atom stereocenters. The maximum absolute atomic E-state index is 12.8. The highest BCUT2D eigenvalue weighted by Gasteiger charge is 2.21. The number of sulfonamides is 1. The molecule has 2 N–H and O–H groups in total. The monoisotopic (exact) mass is 493 g/mol. The van der Waals surface area contributed by atoms with Gasteiger partial charge in [-0.1, -0.05) is 23.7 Å². The Morgan fingerprint density at radius 1 is 1.12 bits per heavy atom. The van der Waals surface area contributed by atoms with Gasteiger partial charge in [-0.15, -0.1) is 12.4 Å². The van der Waals surface area contributed by atoms with E-state index in [0.717, 1.165) is 24.1 Å². The lowest BCUT2D eigenvalue weighted by Gasteiger charge is -2.28. The lowest BCUT2D eigenvalue weighted by Crippen LogP contribution is -2.30. The number of aromatic carboxylic acids is 1. The summed E-state index contributed by atoms with van der Waals surface area (Å²) in [5, 5.41) is 9.61. The molecule has 2 aromatic carbocycles. The largest absolute Gasteiger partial charge is 0.478 e. The van der Waals surface area contributed by atoms with Crippen molar-refractivity contribution < 1.29 is 18.3 Å². The van der Waals surface area contributed by atoms with Crippen LogP contribution in [0.15, 0.2) is 65.7 Å². The van der Waals surface area contributed by atoms with Crippen LogP contribution >= 0.6 is 24.0 Å². The van der Waals surface area contributed by atoms with E-state index >= 15 is 0 Å². The van der Waals surface area contributed by atoms with E-state index in [2.05, 4.69) is 14.6 Å². The molecule has 10 heteroatoms. The predicted octanol–water partition coefficient (Wildman–Crippen LogP) is 4.21. The summed E-state index contributed by atoms with van der Waals surface area (Å²) >= 11 is 5.95. The minimum atomic E-state index is -3.76. The third-order valence-corrected chi connectivity index (χ3v) is 6.72. The number of hydrogen-bond acceptors (Lipinski definition) is 5. The van der Waals surface area contributed by atoms with Gasteiger partial charge in [0.25, 0.3) is 10.0 Å². The number of aromatic nitrogens is 1. The van der Waals surface area contributed by atoms with Gasteiger partial charge in [0, 0.05) is 30.9 Å². The van der Waals surface area contributed by atoms with E-state index < -0.39 is 16.0 Å². The molecular weight excluding hydrogens is 473 g/mol. The van der Waals surface area contributed by atoms with Crippen molar-refractivity contribution in [1.29, 1.82) is 0 Å². The van der Waals surface area contributed by atoms with Crippen molar-refractivity contribution in [3.05, 3.63) is 88.2 Å². The predicted molar refractivity (Wildman–Crippen MR) is 125 cm³/mol. The highest BCUT2D eigenvalue weighted by molar-refractivity contribution is 7.92. The number of halogens is 2. The third kappa shape index (κ3) is 5.58. The molecule has 0 bridgehead atoms. The van der Waals surface area contributed by atoms with E-state index in [1.54, 1.807) is 42.5 Å². The normalized spacial score (nSPS) is 13.7. The van der Waals surface area contributed by atoms with Gasteiger partial charge in [-0.3, -0.25) is 14.6 Å². The number of carboxylic acids is 1. The van der Waals surface area contributed by atoms with E-state index in [9.17, 15) is 13.2 Å². The highest BCUT2D eigenvalue weighted by atomic mass is 35.5. The van der Waals surface area contributed by atoms with Crippen LogP contribution in [0.5, 0.6) is 0 Å². The van der Waals surface area contributed by atoms with Crippen molar-refractivity contribution in [3.63, 3.8) is 0 Å². The van der Waals surface area contributed by atoms with E-state index in [1.165, 1.54) is 12.3 Å². The van der Waals surface area contributed by atoms with Gasteiger partial charge in [0.2, 0.25) is 0 Å². The van der Waals surface area contributed by atoms with Crippen LogP contribution in [0.25, 0.3) is 0 Å². The Morgan fingerprint density at radius 2 is 1.94 bits per heavy atom. The molecule has 1 aliphatic heterocycles. The summed E-state index contributed by atoms with van der Waals surface area (Å²) in [7, 11) is -3.76. The number of nitrogens with one attached hydrogen (secondary N) is 1. The summed E-state index contributed by atoms with van der Waals surface area (Å²) in [5.41, 5.74) is 3.29. The number of carboxylic acid groups (broad SMARTS) is 1. The summed E-state index contributed by atoms with van der Waals surface area (Å²) in [4.78, 5) is 17.7. The molecule has 1 aliphatic rings. The first-order valence-corrected chi connectivity index (χ1v) is 11.5. The molecule has 0 aliphatic carbocycles. The first-order valence-electron chi connectivity index (χ1n) is 9.61. The first kappa shape index (κ1) is 24.0. The second kappa shape index (κ2) is 9.87. The minimum Gasteiger partial charge on any atom is -0.478 e. The maximum atomic E-state index is 12.8. The Morgan fingerprint density at radius 3 is 2.69 bits per heavy atom. The van der Waals surface area contributed by atoms with E-state index in [1.807, 2.05) is 6.07 Å². The molecule has 1 aromatic heterocycles. The highest BCUT2D eigenvalue weighted by Crippen LogP contribution is 2.25. The Kier molecular flexibility index (Phi) is 7.40. The summed E-state index contributed by atoms with van der Waals surface area (Å²) in [6.45, 7) is 1.81. The molecule has 32 heavy (non-hydrogen) atoms. The van der Waals surface area contributed by atoms with Crippen molar-refractivity contribution in [3.8, 4) is 0 Å². The van der Waals surface area contributed by atoms with Crippen LogP contribution in [-0.4, -0.2) is 35.9 Å². The SMILES string of the molecule is Cl.O=C(O)c1ccnc(CN2CCc3ccc(S(=O)(=O)Nc4cccc(Cl)c4)cc3C2)c1. The molecule has 4 rings (SSSR count). The van der Waals surface area contributed by atoms with E-state index in [4.69, 9.17) is 16.7 Å². The van der Waals surface area contributed by atoms with Crippen molar-refractivity contribution in [2.45, 2.75) is 24.4 Å². The number of hydrogen-bond donors (Lipinski definition) is 2. The van der Waals surface area contributed by atoms with Gasteiger partial charge in [0.05, 0.1) is 21.8 Å². The zero-order valence-corrected chi connectivity index (χ0v) is 19.3. The van der Waals surface area contributed by atoms with Crippen molar-refractivity contribution >= 4 is 45.7 Å². The molecule has 0 amide bonds. The lowest BCUT2D eigenvalue weighted by atomic mass is 10.00. The number of fused-ring (bicyclic) bond motifs is 1. The zero-order chi connectivity index (χ0) is 22.0. The Hall–Kier alpha value is -2.65. The number of nitrogens with zero attached hydrogens (tertiary/aromatic N) is 2. The molecule has 0 radical (unpaired) electrons. The fourth-order valence-corrected chi connectivity index (χ4v) is 4.88. The second-order valence-corrected chi connectivity index (χ2v) is 9.47.